The Labute approximate surface area is 123 Å². The van der Waals surface area contributed by atoms with Crippen LogP contribution in [0.5, 0.6) is 0 Å². The Balaban J connectivity index is 1.57. The van der Waals surface area contributed by atoms with Gasteiger partial charge in [0.15, 0.2) is 0 Å². The van der Waals surface area contributed by atoms with Crippen LogP contribution in [0.15, 0.2) is 36.9 Å². The topological polar surface area (TPSA) is 71.8 Å². The third-order valence-corrected chi connectivity index (χ3v) is 3.70. The normalized spacial score (nSPS) is 18.4. The highest BCUT2D eigenvalue weighted by Gasteiger charge is 2.20. The van der Waals surface area contributed by atoms with E-state index in [4.69, 9.17) is 0 Å². The molecule has 1 atom stereocenters. The highest BCUT2D eigenvalue weighted by Crippen LogP contribution is 2.15. The van der Waals surface area contributed by atoms with Gasteiger partial charge in [0.2, 0.25) is 5.91 Å². The maximum atomic E-state index is 12.1. The number of hydrogen-bond donors (Lipinski definition) is 2. The number of piperidine rings is 1. The summed E-state index contributed by atoms with van der Waals surface area (Å²) in [6.07, 6.45) is 5.23. The molecule has 3 rings (SSSR count). The van der Waals surface area contributed by atoms with E-state index in [0.717, 1.165) is 37.2 Å². The van der Waals surface area contributed by atoms with E-state index in [0.29, 0.717) is 6.54 Å². The van der Waals surface area contributed by atoms with Gasteiger partial charge in [-0.3, -0.25) is 4.79 Å². The van der Waals surface area contributed by atoms with Crippen LogP contribution in [0.25, 0.3) is 0 Å². The molecule has 0 bridgehead atoms. The van der Waals surface area contributed by atoms with Crippen molar-refractivity contribution in [3.8, 4) is 0 Å². The van der Waals surface area contributed by atoms with Crippen LogP contribution >= 0.6 is 0 Å². The summed E-state index contributed by atoms with van der Waals surface area (Å²) in [6, 6.07) is 7.85. The third kappa shape index (κ3) is 3.66. The second kappa shape index (κ2) is 6.49. The second-order valence-electron chi connectivity index (χ2n) is 5.32. The fraction of sp³-hybridized carbons (Fsp3) is 0.400. The first-order valence-corrected chi connectivity index (χ1v) is 7.24. The van der Waals surface area contributed by atoms with Crippen molar-refractivity contribution in [1.29, 1.82) is 0 Å². The van der Waals surface area contributed by atoms with E-state index in [1.807, 2.05) is 24.3 Å². The molecule has 0 spiro atoms. The molecule has 2 heterocycles. The number of nitrogens with zero attached hydrogens (tertiary/aromatic N) is 3. The van der Waals surface area contributed by atoms with Crippen molar-refractivity contribution >= 4 is 11.6 Å². The van der Waals surface area contributed by atoms with E-state index in [9.17, 15) is 4.79 Å². The number of amides is 1. The van der Waals surface area contributed by atoms with E-state index in [-0.39, 0.29) is 11.8 Å². The molecule has 1 saturated heterocycles. The first kappa shape index (κ1) is 13.8. The largest absolute Gasteiger partial charge is 0.326 e. The van der Waals surface area contributed by atoms with E-state index in [2.05, 4.69) is 20.7 Å². The van der Waals surface area contributed by atoms with Gasteiger partial charge in [-0.15, -0.1) is 0 Å². The van der Waals surface area contributed by atoms with E-state index < -0.39 is 0 Å². The average Bonchev–Trinajstić information content (AvgIpc) is 3.03. The van der Waals surface area contributed by atoms with Crippen molar-refractivity contribution in [3.05, 3.63) is 42.5 Å². The van der Waals surface area contributed by atoms with Crippen molar-refractivity contribution in [2.45, 2.75) is 19.4 Å². The Hall–Kier alpha value is -2.21. The lowest BCUT2D eigenvalue weighted by atomic mass is 9.99. The molecule has 1 amide bonds. The monoisotopic (exact) mass is 285 g/mol. The predicted octanol–water partition coefficient (Wildman–Crippen LogP) is 1.26. The van der Waals surface area contributed by atoms with Gasteiger partial charge < -0.3 is 10.6 Å². The highest BCUT2D eigenvalue weighted by molar-refractivity contribution is 5.92. The van der Waals surface area contributed by atoms with Crippen LogP contribution in [0.1, 0.15) is 18.4 Å². The molecule has 1 fully saturated rings. The van der Waals surface area contributed by atoms with Crippen LogP contribution in [0, 0.1) is 5.92 Å². The fourth-order valence-corrected chi connectivity index (χ4v) is 2.51. The van der Waals surface area contributed by atoms with E-state index in [1.54, 1.807) is 11.0 Å². The van der Waals surface area contributed by atoms with Crippen LogP contribution in [-0.2, 0) is 11.3 Å². The number of benzene rings is 1. The number of nitrogens with one attached hydrogen (secondary N) is 2. The smallest absolute Gasteiger partial charge is 0.228 e. The second-order valence-corrected chi connectivity index (χ2v) is 5.32. The lowest BCUT2D eigenvalue weighted by molar-refractivity contribution is -0.120. The first-order chi connectivity index (χ1) is 10.3. The molecule has 1 aliphatic rings. The molecule has 110 valence electrons. The van der Waals surface area contributed by atoms with Gasteiger partial charge in [0.1, 0.15) is 12.7 Å². The van der Waals surface area contributed by atoms with Gasteiger partial charge in [0.05, 0.1) is 12.5 Å². The lowest BCUT2D eigenvalue weighted by Crippen LogP contribution is -2.37. The molecule has 0 saturated carbocycles. The lowest BCUT2D eigenvalue weighted by Gasteiger charge is -2.21. The summed E-state index contributed by atoms with van der Waals surface area (Å²) >= 11 is 0. The zero-order valence-corrected chi connectivity index (χ0v) is 11.8. The molecule has 6 heteroatoms. The molecule has 1 aromatic heterocycles. The van der Waals surface area contributed by atoms with Gasteiger partial charge in [0.25, 0.3) is 0 Å². The summed E-state index contributed by atoms with van der Waals surface area (Å²) in [5.74, 6) is 0.180. The zero-order valence-electron chi connectivity index (χ0n) is 11.8. The Morgan fingerprint density at radius 1 is 1.38 bits per heavy atom. The molecule has 2 aromatic rings. The summed E-state index contributed by atoms with van der Waals surface area (Å²) in [7, 11) is 0. The number of rotatable bonds is 4. The number of carbonyl (C=O) groups is 1. The maximum absolute atomic E-state index is 12.1. The Morgan fingerprint density at radius 2 is 2.24 bits per heavy atom. The Morgan fingerprint density at radius 3 is 2.90 bits per heavy atom. The first-order valence-electron chi connectivity index (χ1n) is 7.24. The SMILES string of the molecule is O=C(Nc1ccc(Cn2cncn2)cc1)C1CCCNC1. The van der Waals surface area contributed by atoms with Gasteiger partial charge in [-0.05, 0) is 37.1 Å². The zero-order chi connectivity index (χ0) is 14.5. The summed E-state index contributed by atoms with van der Waals surface area (Å²) in [6.45, 7) is 2.47. The van der Waals surface area contributed by atoms with E-state index >= 15 is 0 Å². The molecule has 6 nitrogen and oxygen atoms in total. The molecule has 1 aliphatic heterocycles. The molecular formula is C15H19N5O. The quantitative estimate of drug-likeness (QED) is 0.887. The summed E-state index contributed by atoms with van der Waals surface area (Å²) < 4.78 is 1.77. The Kier molecular flexibility index (Phi) is 4.25. The van der Waals surface area contributed by atoms with Crippen LogP contribution in [0.4, 0.5) is 5.69 Å². The molecular weight excluding hydrogens is 266 g/mol. The molecule has 1 aromatic carbocycles. The van der Waals surface area contributed by atoms with Gasteiger partial charge in [-0.1, -0.05) is 12.1 Å². The Bertz CT molecular complexity index is 573. The van der Waals surface area contributed by atoms with Crippen molar-refractivity contribution in [2.24, 2.45) is 5.92 Å². The van der Waals surface area contributed by atoms with Crippen molar-refractivity contribution in [3.63, 3.8) is 0 Å². The number of hydrogen-bond acceptors (Lipinski definition) is 4. The minimum absolute atomic E-state index is 0.0774. The summed E-state index contributed by atoms with van der Waals surface area (Å²) in [4.78, 5) is 16.1. The molecule has 0 radical (unpaired) electrons. The van der Waals surface area contributed by atoms with Gasteiger partial charge >= 0.3 is 0 Å². The van der Waals surface area contributed by atoms with Gasteiger partial charge in [-0.25, -0.2) is 9.67 Å². The molecule has 1 unspecified atom stereocenters. The van der Waals surface area contributed by atoms with Crippen LogP contribution in [0.2, 0.25) is 0 Å². The van der Waals surface area contributed by atoms with Gasteiger partial charge in [-0.2, -0.15) is 5.10 Å². The fourth-order valence-electron chi connectivity index (χ4n) is 2.51. The minimum atomic E-state index is 0.0774. The third-order valence-electron chi connectivity index (χ3n) is 3.70. The molecule has 2 N–H and O–H groups in total. The predicted molar refractivity (Wildman–Crippen MR) is 79.8 cm³/mol. The number of carbonyl (C=O) groups excluding carboxylic acids is 1. The standard InChI is InChI=1S/C15H19N5O/c21-15(13-2-1-7-16-8-13)19-14-5-3-12(4-6-14)9-20-11-17-10-18-20/h3-6,10-11,13,16H,1-2,7-9H2,(H,19,21). The summed E-state index contributed by atoms with van der Waals surface area (Å²) in [5, 5.41) is 10.3. The van der Waals surface area contributed by atoms with Crippen molar-refractivity contribution < 1.29 is 4.79 Å². The number of anilines is 1. The number of aromatic nitrogens is 3. The van der Waals surface area contributed by atoms with Crippen molar-refractivity contribution in [2.75, 3.05) is 18.4 Å². The highest BCUT2D eigenvalue weighted by atomic mass is 16.1. The van der Waals surface area contributed by atoms with Gasteiger partial charge in [0, 0.05) is 12.2 Å². The van der Waals surface area contributed by atoms with E-state index in [1.165, 1.54) is 6.33 Å². The van der Waals surface area contributed by atoms with Crippen LogP contribution in [0.3, 0.4) is 0 Å². The summed E-state index contributed by atoms with van der Waals surface area (Å²) in [5.41, 5.74) is 1.96. The maximum Gasteiger partial charge on any atom is 0.228 e. The van der Waals surface area contributed by atoms with Crippen LogP contribution in [-0.4, -0.2) is 33.8 Å². The molecule has 21 heavy (non-hydrogen) atoms. The van der Waals surface area contributed by atoms with Crippen molar-refractivity contribution in [1.82, 2.24) is 20.1 Å². The minimum Gasteiger partial charge on any atom is -0.326 e. The van der Waals surface area contributed by atoms with Crippen LogP contribution < -0.4 is 10.6 Å². The molecule has 0 aliphatic carbocycles. The average molecular weight is 285 g/mol.